The molecule has 150 valence electrons. The van der Waals surface area contributed by atoms with Gasteiger partial charge in [-0.15, -0.1) is 0 Å². The van der Waals surface area contributed by atoms with Crippen molar-refractivity contribution < 1.29 is 24.2 Å². The van der Waals surface area contributed by atoms with Gasteiger partial charge in [0.2, 0.25) is 0 Å². The SMILES string of the molecule is COC(=O)CNc1c(-c2ccccc2)nc2c(C(=O)NC(C)C(=O)O)cccn12. The number of esters is 1. The second kappa shape index (κ2) is 8.42. The molecule has 0 fully saturated rings. The number of carboxylic acids is 1. The Hall–Kier alpha value is -3.88. The van der Waals surface area contributed by atoms with E-state index in [-0.39, 0.29) is 12.1 Å². The van der Waals surface area contributed by atoms with Crippen LogP contribution in [0.2, 0.25) is 0 Å². The Bertz CT molecular complexity index is 1060. The summed E-state index contributed by atoms with van der Waals surface area (Å²) in [6.45, 7) is 1.29. The van der Waals surface area contributed by atoms with Crippen molar-refractivity contribution in [3.63, 3.8) is 0 Å². The van der Waals surface area contributed by atoms with Crippen molar-refractivity contribution in [2.45, 2.75) is 13.0 Å². The Labute approximate surface area is 166 Å². The third-order valence-electron chi connectivity index (χ3n) is 4.29. The molecule has 1 aromatic carbocycles. The number of nitrogens with zero attached hydrogens (tertiary/aromatic N) is 2. The summed E-state index contributed by atoms with van der Waals surface area (Å²) >= 11 is 0. The molecule has 1 amide bonds. The molecule has 9 nitrogen and oxygen atoms in total. The van der Waals surface area contributed by atoms with E-state index in [0.717, 1.165) is 5.56 Å². The molecule has 0 spiro atoms. The Morgan fingerprint density at radius 3 is 2.55 bits per heavy atom. The third kappa shape index (κ3) is 4.18. The largest absolute Gasteiger partial charge is 0.480 e. The molecule has 0 radical (unpaired) electrons. The van der Waals surface area contributed by atoms with Crippen LogP contribution in [0.15, 0.2) is 48.7 Å². The first-order valence-corrected chi connectivity index (χ1v) is 8.83. The maximum Gasteiger partial charge on any atom is 0.325 e. The highest BCUT2D eigenvalue weighted by Gasteiger charge is 2.22. The van der Waals surface area contributed by atoms with E-state index in [1.807, 2.05) is 30.3 Å². The Kier molecular flexibility index (Phi) is 5.77. The summed E-state index contributed by atoms with van der Waals surface area (Å²) in [5.74, 6) is -1.64. The van der Waals surface area contributed by atoms with Gasteiger partial charge in [-0.1, -0.05) is 30.3 Å². The van der Waals surface area contributed by atoms with Gasteiger partial charge in [0, 0.05) is 11.8 Å². The van der Waals surface area contributed by atoms with Crippen molar-refractivity contribution >= 4 is 29.3 Å². The van der Waals surface area contributed by atoms with E-state index in [4.69, 9.17) is 5.11 Å². The summed E-state index contributed by atoms with van der Waals surface area (Å²) in [4.78, 5) is 39.9. The maximum atomic E-state index is 12.6. The van der Waals surface area contributed by atoms with Crippen LogP contribution in [-0.4, -0.2) is 52.0 Å². The highest BCUT2D eigenvalue weighted by Crippen LogP contribution is 2.29. The standard InChI is InChI=1S/C20H20N4O5/c1-12(20(27)28)22-19(26)14-9-6-10-24-17(14)23-16(13-7-4-3-5-8-13)18(24)21-11-15(25)29-2/h3-10,12,21H,11H2,1-2H3,(H,22,26)(H,27,28). The molecule has 0 aliphatic carbocycles. The van der Waals surface area contributed by atoms with Crippen molar-refractivity contribution in [3.8, 4) is 11.3 Å². The van der Waals surface area contributed by atoms with Gasteiger partial charge in [0.1, 0.15) is 24.1 Å². The van der Waals surface area contributed by atoms with Crippen LogP contribution in [0.4, 0.5) is 5.82 Å². The second-order valence-corrected chi connectivity index (χ2v) is 6.25. The zero-order valence-corrected chi connectivity index (χ0v) is 15.9. The van der Waals surface area contributed by atoms with Gasteiger partial charge >= 0.3 is 11.9 Å². The number of aromatic nitrogens is 2. The number of carbonyl (C=O) groups is 3. The van der Waals surface area contributed by atoms with Gasteiger partial charge < -0.3 is 20.5 Å². The Morgan fingerprint density at radius 2 is 1.90 bits per heavy atom. The Morgan fingerprint density at radius 1 is 1.17 bits per heavy atom. The molecule has 2 heterocycles. The number of aliphatic carboxylic acids is 1. The first-order chi connectivity index (χ1) is 13.9. The number of benzene rings is 1. The van der Waals surface area contributed by atoms with Crippen molar-refractivity contribution in [1.82, 2.24) is 14.7 Å². The number of anilines is 1. The van der Waals surface area contributed by atoms with Crippen LogP contribution in [0.25, 0.3) is 16.9 Å². The smallest absolute Gasteiger partial charge is 0.325 e. The van der Waals surface area contributed by atoms with Crippen LogP contribution in [0, 0.1) is 0 Å². The summed E-state index contributed by atoms with van der Waals surface area (Å²) in [5.41, 5.74) is 1.87. The minimum atomic E-state index is -1.14. The third-order valence-corrected chi connectivity index (χ3v) is 4.29. The summed E-state index contributed by atoms with van der Waals surface area (Å²) in [5, 5.41) is 14.5. The van der Waals surface area contributed by atoms with E-state index in [9.17, 15) is 14.4 Å². The molecule has 3 aromatic rings. The average Bonchev–Trinajstić information content (AvgIpc) is 3.11. The number of hydrogen-bond donors (Lipinski definition) is 3. The second-order valence-electron chi connectivity index (χ2n) is 6.25. The molecule has 3 N–H and O–H groups in total. The normalized spacial score (nSPS) is 11.7. The number of amides is 1. The van der Waals surface area contributed by atoms with Crippen LogP contribution in [0.5, 0.6) is 0 Å². The number of nitrogens with one attached hydrogen (secondary N) is 2. The number of imidazole rings is 1. The van der Waals surface area contributed by atoms with E-state index in [1.54, 1.807) is 22.7 Å². The molecule has 0 bridgehead atoms. The molecule has 0 saturated carbocycles. The lowest BCUT2D eigenvalue weighted by atomic mass is 10.1. The van der Waals surface area contributed by atoms with E-state index in [0.29, 0.717) is 17.2 Å². The lowest BCUT2D eigenvalue weighted by molar-refractivity contribution is -0.139. The van der Waals surface area contributed by atoms with Crippen molar-refractivity contribution in [1.29, 1.82) is 0 Å². The monoisotopic (exact) mass is 396 g/mol. The predicted octanol–water partition coefficient (Wildman–Crippen LogP) is 1.79. The molecular weight excluding hydrogens is 376 g/mol. The molecule has 0 aliphatic rings. The number of hydrogen-bond acceptors (Lipinski definition) is 6. The van der Waals surface area contributed by atoms with E-state index >= 15 is 0 Å². The van der Waals surface area contributed by atoms with Gasteiger partial charge in [0.15, 0.2) is 5.65 Å². The maximum absolute atomic E-state index is 12.6. The van der Waals surface area contributed by atoms with E-state index in [2.05, 4.69) is 20.4 Å². The molecule has 1 atom stereocenters. The fourth-order valence-electron chi connectivity index (χ4n) is 2.78. The molecule has 2 aromatic heterocycles. The minimum absolute atomic E-state index is 0.0867. The first-order valence-electron chi connectivity index (χ1n) is 8.83. The topological polar surface area (TPSA) is 122 Å². The summed E-state index contributed by atoms with van der Waals surface area (Å²) in [6.07, 6.45) is 1.70. The number of rotatable bonds is 7. The summed E-state index contributed by atoms with van der Waals surface area (Å²) in [6, 6.07) is 11.4. The van der Waals surface area contributed by atoms with Crippen LogP contribution in [-0.2, 0) is 14.3 Å². The average molecular weight is 396 g/mol. The van der Waals surface area contributed by atoms with Gasteiger partial charge in [0.05, 0.1) is 12.7 Å². The van der Waals surface area contributed by atoms with Gasteiger partial charge in [-0.3, -0.25) is 18.8 Å². The van der Waals surface area contributed by atoms with E-state index < -0.39 is 23.9 Å². The Balaban J connectivity index is 2.10. The molecular formula is C20H20N4O5. The first kappa shape index (κ1) is 19.9. The highest BCUT2D eigenvalue weighted by atomic mass is 16.5. The molecule has 1 unspecified atom stereocenters. The van der Waals surface area contributed by atoms with Crippen LogP contribution in [0.1, 0.15) is 17.3 Å². The molecule has 0 aliphatic heterocycles. The fraction of sp³-hybridized carbons (Fsp3) is 0.200. The zero-order valence-electron chi connectivity index (χ0n) is 15.9. The zero-order chi connectivity index (χ0) is 21.0. The number of ether oxygens (including phenoxy) is 1. The predicted molar refractivity (Wildman–Crippen MR) is 106 cm³/mol. The number of pyridine rings is 1. The number of carbonyl (C=O) groups excluding carboxylic acids is 2. The summed E-state index contributed by atoms with van der Waals surface area (Å²) in [7, 11) is 1.29. The van der Waals surface area contributed by atoms with Gasteiger partial charge in [-0.25, -0.2) is 4.98 Å². The lowest BCUT2D eigenvalue weighted by Crippen LogP contribution is -2.38. The van der Waals surface area contributed by atoms with Gasteiger partial charge in [-0.2, -0.15) is 0 Å². The molecule has 29 heavy (non-hydrogen) atoms. The lowest BCUT2D eigenvalue weighted by Gasteiger charge is -2.10. The van der Waals surface area contributed by atoms with Gasteiger partial charge in [-0.05, 0) is 19.1 Å². The fourth-order valence-corrected chi connectivity index (χ4v) is 2.78. The summed E-state index contributed by atoms with van der Waals surface area (Å²) < 4.78 is 6.33. The number of carboxylic acid groups (broad SMARTS) is 1. The van der Waals surface area contributed by atoms with Crippen LogP contribution < -0.4 is 10.6 Å². The molecule has 9 heteroatoms. The minimum Gasteiger partial charge on any atom is -0.480 e. The van der Waals surface area contributed by atoms with Crippen LogP contribution >= 0.6 is 0 Å². The number of fused-ring (bicyclic) bond motifs is 1. The number of methoxy groups -OCH3 is 1. The van der Waals surface area contributed by atoms with Crippen molar-refractivity contribution in [2.75, 3.05) is 19.0 Å². The van der Waals surface area contributed by atoms with Gasteiger partial charge in [0.25, 0.3) is 5.91 Å². The van der Waals surface area contributed by atoms with Crippen molar-refractivity contribution in [2.24, 2.45) is 0 Å². The molecule has 0 saturated heterocycles. The highest BCUT2D eigenvalue weighted by molar-refractivity contribution is 6.02. The molecule has 3 rings (SSSR count). The van der Waals surface area contributed by atoms with Crippen molar-refractivity contribution in [3.05, 3.63) is 54.2 Å². The van der Waals surface area contributed by atoms with E-state index in [1.165, 1.54) is 14.0 Å². The van der Waals surface area contributed by atoms with Crippen LogP contribution in [0.3, 0.4) is 0 Å². The quantitative estimate of drug-likeness (QED) is 0.521.